The van der Waals surface area contributed by atoms with Crippen LogP contribution in [0.1, 0.15) is 5.82 Å². The molecule has 0 saturated heterocycles. The predicted octanol–water partition coefficient (Wildman–Crippen LogP) is 0.165. The van der Waals surface area contributed by atoms with E-state index in [-0.39, 0.29) is 11.1 Å². The summed E-state index contributed by atoms with van der Waals surface area (Å²) in [7, 11) is -2.68. The molecule has 0 fully saturated rings. The normalized spacial score (nSPS) is 9.55. The summed E-state index contributed by atoms with van der Waals surface area (Å²) in [4.78, 5) is 7.36. The van der Waals surface area contributed by atoms with Crippen molar-refractivity contribution in [1.29, 1.82) is 0 Å². The van der Waals surface area contributed by atoms with Crippen LogP contribution in [-0.4, -0.2) is 9.97 Å². The average molecular weight is 171 g/mol. The van der Waals surface area contributed by atoms with Gasteiger partial charge in [0, 0.05) is 0 Å². The van der Waals surface area contributed by atoms with Gasteiger partial charge in [-0.1, -0.05) is 0 Å². The van der Waals surface area contributed by atoms with Crippen molar-refractivity contribution in [2.75, 3.05) is 5.73 Å². The van der Waals surface area contributed by atoms with Crippen molar-refractivity contribution in [3.05, 3.63) is 12.0 Å². The highest BCUT2D eigenvalue weighted by Gasteiger charge is 2.05. The van der Waals surface area contributed by atoms with Crippen molar-refractivity contribution >= 4 is 18.8 Å². The van der Waals surface area contributed by atoms with Crippen molar-refractivity contribution in [3.63, 3.8) is 0 Å². The fourth-order valence-electron chi connectivity index (χ4n) is 0.622. The molecule has 0 saturated carbocycles. The van der Waals surface area contributed by atoms with Gasteiger partial charge in [0.05, 0.1) is 6.20 Å². The maximum absolute atomic E-state index is 10.4. The van der Waals surface area contributed by atoms with Gasteiger partial charge in [-0.2, -0.15) is 0 Å². The molecule has 58 valence electrons. The molecule has 1 aromatic heterocycles. The largest absolute Gasteiger partial charge is 0.383 e. The van der Waals surface area contributed by atoms with Gasteiger partial charge in [-0.3, -0.25) is 0 Å². The molecule has 0 aliphatic carbocycles. The highest BCUT2D eigenvalue weighted by molar-refractivity contribution is 7.41. The molecule has 0 unspecified atom stereocenters. The van der Waals surface area contributed by atoms with E-state index in [1.807, 2.05) is 0 Å². The number of anilines is 1. The first-order valence-corrected chi connectivity index (χ1v) is 4.02. The van der Waals surface area contributed by atoms with Gasteiger partial charge in [-0.05, 0) is 6.92 Å². The molecule has 0 aliphatic rings. The topological polar surface area (TPSA) is 85.9 Å². The number of aromatic nitrogens is 2. The summed E-state index contributed by atoms with van der Waals surface area (Å²) in [6.45, 7) is 1.64. The third-order valence-electron chi connectivity index (χ3n) is 1.12. The Morgan fingerprint density at radius 1 is 1.55 bits per heavy atom. The zero-order valence-corrected chi connectivity index (χ0v) is 6.71. The summed E-state index contributed by atoms with van der Waals surface area (Å²) in [5, 5.41) is -0.0226. The summed E-state index contributed by atoms with van der Waals surface area (Å²) < 4.78 is 20.8. The van der Waals surface area contributed by atoms with Gasteiger partial charge in [0.1, 0.15) is 16.9 Å². The van der Waals surface area contributed by atoms with Crippen LogP contribution in [0.2, 0.25) is 0 Å². The SMILES string of the molecule is Cc1ncc(P(=O)=O)c(N)n1. The minimum atomic E-state index is -2.68. The molecule has 0 radical (unpaired) electrons. The van der Waals surface area contributed by atoms with E-state index in [1.54, 1.807) is 6.92 Å². The first-order chi connectivity index (χ1) is 5.11. The van der Waals surface area contributed by atoms with E-state index < -0.39 is 7.68 Å². The standard InChI is InChI=1S/C5H6N3O2P/c1-3-7-2-4(11(9)10)5(6)8-3/h2H,1H3,(H2,6,7,8). The number of aryl methyl sites for hydroxylation is 1. The zero-order valence-electron chi connectivity index (χ0n) is 5.81. The predicted molar refractivity (Wildman–Crippen MR) is 39.1 cm³/mol. The average Bonchev–Trinajstić information content (AvgIpc) is 1.85. The molecule has 5 nitrogen and oxygen atoms in total. The summed E-state index contributed by atoms with van der Waals surface area (Å²) in [5.74, 6) is 0.469. The Morgan fingerprint density at radius 2 is 2.18 bits per heavy atom. The van der Waals surface area contributed by atoms with Crippen LogP contribution in [0.25, 0.3) is 0 Å². The Hall–Kier alpha value is -1.22. The first-order valence-electron chi connectivity index (χ1n) is 2.85. The maximum atomic E-state index is 10.4. The quantitative estimate of drug-likeness (QED) is 0.608. The Morgan fingerprint density at radius 3 is 2.64 bits per heavy atom. The van der Waals surface area contributed by atoms with Crippen LogP contribution < -0.4 is 11.0 Å². The molecule has 0 amide bonds. The van der Waals surface area contributed by atoms with Crippen LogP contribution in [0.5, 0.6) is 0 Å². The lowest BCUT2D eigenvalue weighted by molar-refractivity contribution is 0.523. The molecule has 2 N–H and O–H groups in total. The lowest BCUT2D eigenvalue weighted by atomic mass is 10.5. The molecular weight excluding hydrogens is 165 g/mol. The number of hydrogen-bond donors (Lipinski definition) is 1. The number of hydrogen-bond acceptors (Lipinski definition) is 5. The fourth-order valence-corrected chi connectivity index (χ4v) is 1.01. The van der Waals surface area contributed by atoms with Gasteiger partial charge in [0.2, 0.25) is 0 Å². The Balaban J connectivity index is 3.31. The van der Waals surface area contributed by atoms with Gasteiger partial charge in [0.15, 0.2) is 0 Å². The molecule has 0 aromatic carbocycles. The molecule has 0 atom stereocenters. The Kier molecular flexibility index (Phi) is 2.01. The van der Waals surface area contributed by atoms with Crippen LogP contribution >= 0.6 is 7.68 Å². The number of nitrogen functional groups attached to an aromatic ring is 1. The summed E-state index contributed by atoms with van der Waals surface area (Å²) in [6, 6.07) is 0. The molecule has 1 rings (SSSR count). The van der Waals surface area contributed by atoms with Crippen molar-refractivity contribution in [1.82, 2.24) is 9.97 Å². The fraction of sp³-hybridized carbons (Fsp3) is 0.200. The highest BCUT2D eigenvalue weighted by atomic mass is 31.1. The molecular formula is C5H6N3O2P. The smallest absolute Gasteiger partial charge is 0.354 e. The van der Waals surface area contributed by atoms with Crippen molar-refractivity contribution in [2.45, 2.75) is 6.92 Å². The lowest BCUT2D eigenvalue weighted by Gasteiger charge is -1.94. The number of rotatable bonds is 1. The van der Waals surface area contributed by atoms with Crippen LogP contribution in [0.3, 0.4) is 0 Å². The van der Waals surface area contributed by atoms with Gasteiger partial charge >= 0.3 is 7.68 Å². The second kappa shape index (κ2) is 2.80. The minimum absolute atomic E-state index is 0.00797. The van der Waals surface area contributed by atoms with Gasteiger partial charge in [-0.15, -0.1) is 0 Å². The molecule has 11 heavy (non-hydrogen) atoms. The van der Waals surface area contributed by atoms with Crippen LogP contribution in [0.4, 0.5) is 5.82 Å². The maximum Gasteiger partial charge on any atom is 0.354 e. The van der Waals surface area contributed by atoms with Crippen molar-refractivity contribution < 1.29 is 9.13 Å². The molecule has 0 spiro atoms. The van der Waals surface area contributed by atoms with Crippen LogP contribution in [-0.2, 0) is 9.13 Å². The third kappa shape index (κ3) is 1.62. The minimum Gasteiger partial charge on any atom is -0.383 e. The zero-order chi connectivity index (χ0) is 8.43. The molecule has 1 aromatic rings. The molecule has 1 heterocycles. The van der Waals surface area contributed by atoms with Gasteiger partial charge in [-0.25, -0.2) is 19.1 Å². The molecule has 0 bridgehead atoms. The monoisotopic (exact) mass is 171 g/mol. The summed E-state index contributed by atoms with van der Waals surface area (Å²) in [5.41, 5.74) is 5.29. The Bertz CT molecular complexity index is 340. The number of nitrogens with zero attached hydrogens (tertiary/aromatic N) is 2. The van der Waals surface area contributed by atoms with E-state index in [0.29, 0.717) is 5.82 Å². The summed E-state index contributed by atoms with van der Waals surface area (Å²) >= 11 is 0. The number of nitrogens with two attached hydrogens (primary N) is 1. The van der Waals surface area contributed by atoms with Crippen LogP contribution in [0, 0.1) is 6.92 Å². The Labute approximate surface area is 63.5 Å². The highest BCUT2D eigenvalue weighted by Crippen LogP contribution is 2.07. The third-order valence-corrected chi connectivity index (χ3v) is 1.85. The van der Waals surface area contributed by atoms with Gasteiger partial charge < -0.3 is 5.73 Å². The van der Waals surface area contributed by atoms with Crippen molar-refractivity contribution in [3.8, 4) is 0 Å². The molecule has 6 heteroatoms. The first kappa shape index (κ1) is 7.88. The van der Waals surface area contributed by atoms with E-state index in [1.165, 1.54) is 6.20 Å². The molecule has 0 aliphatic heterocycles. The second-order valence-electron chi connectivity index (χ2n) is 1.94. The van der Waals surface area contributed by atoms with Crippen molar-refractivity contribution in [2.24, 2.45) is 0 Å². The van der Waals surface area contributed by atoms with E-state index >= 15 is 0 Å². The van der Waals surface area contributed by atoms with Crippen LogP contribution in [0.15, 0.2) is 6.20 Å². The van der Waals surface area contributed by atoms with E-state index in [2.05, 4.69) is 9.97 Å². The second-order valence-corrected chi connectivity index (χ2v) is 2.94. The van der Waals surface area contributed by atoms with E-state index in [0.717, 1.165) is 0 Å². The van der Waals surface area contributed by atoms with Gasteiger partial charge in [0.25, 0.3) is 0 Å². The van der Waals surface area contributed by atoms with E-state index in [4.69, 9.17) is 5.73 Å². The summed E-state index contributed by atoms with van der Waals surface area (Å²) in [6.07, 6.45) is 1.20. The van der Waals surface area contributed by atoms with E-state index in [9.17, 15) is 9.13 Å². The lowest BCUT2D eigenvalue weighted by Crippen LogP contribution is -2.08.